The molecule has 0 bridgehead atoms. The second kappa shape index (κ2) is 5.08. The van der Waals surface area contributed by atoms with E-state index in [0.717, 1.165) is 12.8 Å². The van der Waals surface area contributed by atoms with E-state index in [1.165, 1.54) is 0 Å². The second-order valence-corrected chi connectivity index (χ2v) is 7.30. The largest absolute Gasteiger partial charge is 0.244 e. The van der Waals surface area contributed by atoms with Crippen molar-refractivity contribution in [3.8, 4) is 0 Å². The van der Waals surface area contributed by atoms with Crippen LogP contribution in [-0.4, -0.2) is 25.8 Å². The van der Waals surface area contributed by atoms with E-state index in [9.17, 15) is 8.42 Å². The summed E-state index contributed by atoms with van der Waals surface area (Å²) < 4.78 is 27.1. The Labute approximate surface area is 111 Å². The molecule has 5 heteroatoms. The van der Waals surface area contributed by atoms with Crippen LogP contribution in [-0.2, 0) is 10.0 Å². The van der Waals surface area contributed by atoms with Gasteiger partial charge in [0.15, 0.2) is 0 Å². The molecule has 1 saturated heterocycles. The lowest BCUT2D eigenvalue weighted by Crippen LogP contribution is -2.39. The minimum atomic E-state index is -3.34. The van der Waals surface area contributed by atoms with E-state index in [0.29, 0.717) is 28.4 Å². The second-order valence-electron chi connectivity index (χ2n) is 4.54. The lowest BCUT2D eigenvalue weighted by atomic mass is 10.0. The van der Waals surface area contributed by atoms with Gasteiger partial charge in [0, 0.05) is 17.6 Å². The lowest BCUT2D eigenvalue weighted by Gasteiger charge is -2.30. The predicted octanol–water partition coefficient (Wildman–Crippen LogP) is 2.87. The van der Waals surface area contributed by atoms with Crippen molar-refractivity contribution in [2.24, 2.45) is 5.92 Å². The van der Waals surface area contributed by atoms with Crippen molar-refractivity contribution in [2.75, 3.05) is 13.1 Å². The van der Waals surface area contributed by atoms with Gasteiger partial charge in [-0.05, 0) is 46.8 Å². The Morgan fingerprint density at radius 1 is 1.35 bits per heavy atom. The summed E-state index contributed by atoms with van der Waals surface area (Å²) in [6.45, 7) is 3.36. The van der Waals surface area contributed by atoms with E-state index in [2.05, 4.69) is 22.9 Å². The normalized spacial score (nSPS) is 22.6. The number of halogens is 1. The van der Waals surface area contributed by atoms with Crippen molar-refractivity contribution in [2.45, 2.75) is 24.7 Å². The minimum absolute atomic E-state index is 0.370. The SMILES string of the molecule is C[C@@H]1CCCN(S(=O)(=O)c2ccccc2Br)C1. The van der Waals surface area contributed by atoms with Crippen molar-refractivity contribution < 1.29 is 8.42 Å². The van der Waals surface area contributed by atoms with Crippen LogP contribution < -0.4 is 0 Å². The van der Waals surface area contributed by atoms with Crippen LogP contribution in [0.3, 0.4) is 0 Å². The molecule has 2 rings (SSSR count). The summed E-state index contributed by atoms with van der Waals surface area (Å²) in [6.07, 6.45) is 2.06. The van der Waals surface area contributed by atoms with Crippen LogP contribution in [0.25, 0.3) is 0 Å². The molecule has 17 heavy (non-hydrogen) atoms. The maximum absolute atomic E-state index is 12.4. The maximum Gasteiger partial charge on any atom is 0.244 e. The van der Waals surface area contributed by atoms with E-state index < -0.39 is 10.0 Å². The first-order valence-electron chi connectivity index (χ1n) is 5.76. The lowest BCUT2D eigenvalue weighted by molar-refractivity contribution is 0.281. The summed E-state index contributed by atoms with van der Waals surface area (Å²) in [6, 6.07) is 6.99. The van der Waals surface area contributed by atoms with Gasteiger partial charge in [0.25, 0.3) is 0 Å². The first kappa shape index (κ1) is 13.1. The molecule has 1 aliphatic heterocycles. The van der Waals surface area contributed by atoms with Gasteiger partial charge < -0.3 is 0 Å². The summed E-state index contributed by atoms with van der Waals surface area (Å²) in [5.41, 5.74) is 0. The minimum Gasteiger partial charge on any atom is -0.207 e. The van der Waals surface area contributed by atoms with Crippen LogP contribution in [0.5, 0.6) is 0 Å². The highest BCUT2D eigenvalue weighted by atomic mass is 79.9. The zero-order chi connectivity index (χ0) is 12.5. The molecular weight excluding hydrogens is 302 g/mol. The average molecular weight is 318 g/mol. The molecule has 0 aliphatic carbocycles. The Morgan fingerprint density at radius 2 is 2.06 bits per heavy atom. The molecule has 0 unspecified atom stereocenters. The number of rotatable bonds is 2. The fourth-order valence-electron chi connectivity index (χ4n) is 2.16. The number of sulfonamides is 1. The van der Waals surface area contributed by atoms with E-state index in [-0.39, 0.29) is 0 Å². The van der Waals surface area contributed by atoms with Gasteiger partial charge >= 0.3 is 0 Å². The molecule has 0 N–H and O–H groups in total. The molecule has 94 valence electrons. The third-order valence-corrected chi connectivity index (χ3v) is 5.95. The molecule has 0 aromatic heterocycles. The highest BCUT2D eigenvalue weighted by molar-refractivity contribution is 9.10. The van der Waals surface area contributed by atoms with Crippen LogP contribution in [0.15, 0.2) is 33.6 Å². The fraction of sp³-hybridized carbons (Fsp3) is 0.500. The molecule has 0 spiro atoms. The Kier molecular flexibility index (Phi) is 3.90. The van der Waals surface area contributed by atoms with Gasteiger partial charge in [-0.2, -0.15) is 4.31 Å². The summed E-state index contributed by atoms with van der Waals surface area (Å²) in [5.74, 6) is 0.445. The van der Waals surface area contributed by atoms with Gasteiger partial charge in [-0.25, -0.2) is 8.42 Å². The van der Waals surface area contributed by atoms with Crippen molar-refractivity contribution in [1.29, 1.82) is 0 Å². The first-order chi connectivity index (χ1) is 8.01. The molecule has 0 saturated carbocycles. The standard InChI is InChI=1S/C12H16BrNO2S/c1-10-5-4-8-14(9-10)17(15,16)12-7-3-2-6-11(12)13/h2-3,6-7,10H,4-5,8-9H2,1H3/t10-/m1/s1. The molecule has 1 atom stereocenters. The zero-order valence-electron chi connectivity index (χ0n) is 9.77. The van der Waals surface area contributed by atoms with Gasteiger partial charge in [0.2, 0.25) is 10.0 Å². The summed E-state index contributed by atoms with van der Waals surface area (Å²) in [7, 11) is -3.34. The number of piperidine rings is 1. The Morgan fingerprint density at radius 3 is 2.71 bits per heavy atom. The van der Waals surface area contributed by atoms with Gasteiger partial charge in [0.1, 0.15) is 0 Å². The first-order valence-corrected chi connectivity index (χ1v) is 8.00. The molecule has 1 aliphatic rings. The van der Waals surface area contributed by atoms with Crippen LogP contribution in [0, 0.1) is 5.92 Å². The monoisotopic (exact) mass is 317 g/mol. The van der Waals surface area contributed by atoms with E-state index in [1.54, 1.807) is 22.5 Å². The third-order valence-electron chi connectivity index (χ3n) is 3.07. The number of hydrogen-bond acceptors (Lipinski definition) is 2. The smallest absolute Gasteiger partial charge is 0.207 e. The molecule has 1 aromatic rings. The van der Waals surface area contributed by atoms with Crippen LogP contribution in [0.2, 0.25) is 0 Å². The van der Waals surface area contributed by atoms with Gasteiger partial charge in [0.05, 0.1) is 4.90 Å². The molecule has 1 heterocycles. The molecular formula is C12H16BrNO2S. The van der Waals surface area contributed by atoms with Crippen molar-refractivity contribution >= 4 is 26.0 Å². The number of hydrogen-bond donors (Lipinski definition) is 0. The van der Waals surface area contributed by atoms with Crippen LogP contribution >= 0.6 is 15.9 Å². The Hall–Kier alpha value is -0.390. The van der Waals surface area contributed by atoms with E-state index in [1.807, 2.05) is 6.07 Å². The van der Waals surface area contributed by atoms with Crippen molar-refractivity contribution in [1.82, 2.24) is 4.31 Å². The van der Waals surface area contributed by atoms with E-state index >= 15 is 0 Å². The zero-order valence-corrected chi connectivity index (χ0v) is 12.2. The molecule has 0 radical (unpaired) electrons. The summed E-state index contributed by atoms with van der Waals surface area (Å²) in [5, 5.41) is 0. The quantitative estimate of drug-likeness (QED) is 0.841. The van der Waals surface area contributed by atoms with Gasteiger partial charge in [-0.1, -0.05) is 19.1 Å². The van der Waals surface area contributed by atoms with Gasteiger partial charge in [-0.3, -0.25) is 0 Å². The number of benzene rings is 1. The molecule has 1 aromatic carbocycles. The van der Waals surface area contributed by atoms with E-state index in [4.69, 9.17) is 0 Å². The summed E-state index contributed by atoms with van der Waals surface area (Å²) >= 11 is 3.31. The third kappa shape index (κ3) is 2.72. The van der Waals surface area contributed by atoms with Crippen LogP contribution in [0.1, 0.15) is 19.8 Å². The maximum atomic E-state index is 12.4. The Balaban J connectivity index is 2.33. The number of nitrogens with zero attached hydrogens (tertiary/aromatic N) is 1. The molecule has 3 nitrogen and oxygen atoms in total. The fourth-order valence-corrected chi connectivity index (χ4v) is 4.72. The highest BCUT2D eigenvalue weighted by Gasteiger charge is 2.29. The highest BCUT2D eigenvalue weighted by Crippen LogP contribution is 2.27. The average Bonchev–Trinajstić information content (AvgIpc) is 2.29. The molecule has 0 amide bonds. The topological polar surface area (TPSA) is 37.4 Å². The van der Waals surface area contributed by atoms with Crippen LogP contribution in [0.4, 0.5) is 0 Å². The van der Waals surface area contributed by atoms with Crippen molar-refractivity contribution in [3.63, 3.8) is 0 Å². The van der Waals surface area contributed by atoms with Crippen molar-refractivity contribution in [3.05, 3.63) is 28.7 Å². The van der Waals surface area contributed by atoms with Gasteiger partial charge in [-0.15, -0.1) is 0 Å². The molecule has 1 fully saturated rings. The Bertz CT molecular complexity index is 501. The predicted molar refractivity (Wildman–Crippen MR) is 71.3 cm³/mol. The summed E-state index contributed by atoms with van der Waals surface area (Å²) in [4.78, 5) is 0.370.